The molecule has 0 fully saturated rings. The summed E-state index contributed by atoms with van der Waals surface area (Å²) in [6, 6.07) is 27.7. The molecular formula is C87H126N4+4. The Morgan fingerprint density at radius 3 is 1.00 bits per heavy atom. The Balaban J connectivity index is 0.000000268. The highest BCUT2D eigenvalue weighted by molar-refractivity contribution is 5.66. The van der Waals surface area contributed by atoms with Crippen LogP contribution in [-0.2, 0) is 72.8 Å². The summed E-state index contributed by atoms with van der Waals surface area (Å²) in [6.45, 7) is 38.4. The number of aromatic nitrogens is 4. The zero-order valence-electron chi connectivity index (χ0n) is 82.0. The molecule has 4 heteroatoms. The molecule has 8 aromatic rings. The minimum absolute atomic E-state index is 0.257. The van der Waals surface area contributed by atoms with Crippen LogP contribution in [0, 0.1) is 96.1 Å². The van der Waals surface area contributed by atoms with Crippen molar-refractivity contribution in [3.63, 3.8) is 0 Å². The predicted molar refractivity (Wildman–Crippen MR) is 394 cm³/mol. The van der Waals surface area contributed by atoms with E-state index in [0.717, 1.165) is 73.4 Å². The molecule has 4 aromatic carbocycles. The average molecular weight is 1250 g/mol. The van der Waals surface area contributed by atoms with E-state index in [0.29, 0.717) is 44.8 Å². The Morgan fingerprint density at radius 1 is 0.308 bits per heavy atom. The fourth-order valence-corrected chi connectivity index (χ4v) is 10.9. The van der Waals surface area contributed by atoms with E-state index in [9.17, 15) is 0 Å². The van der Waals surface area contributed by atoms with Crippen molar-refractivity contribution in [1.29, 1.82) is 0 Å². The maximum absolute atomic E-state index is 8.96. The number of hydrogen-bond acceptors (Lipinski definition) is 0. The minimum atomic E-state index is -2.20. The second kappa shape index (κ2) is 30.5. The normalized spacial score (nSPS) is 16.8. The van der Waals surface area contributed by atoms with Crippen LogP contribution in [-0.4, -0.2) is 0 Å². The lowest BCUT2D eigenvalue weighted by Crippen LogP contribution is -2.33. The summed E-state index contributed by atoms with van der Waals surface area (Å²) < 4.78 is 180. The third-order valence-corrected chi connectivity index (χ3v) is 15.2. The average Bonchev–Trinajstić information content (AvgIpc) is 0.746. The van der Waals surface area contributed by atoms with Crippen molar-refractivity contribution >= 4 is 0 Å². The molecule has 8 rings (SSSR count). The third-order valence-electron chi connectivity index (χ3n) is 15.2. The monoisotopic (exact) mass is 1250 g/mol. The largest absolute Gasteiger partial charge is 0.212 e. The zero-order valence-corrected chi connectivity index (χ0v) is 61.0. The van der Waals surface area contributed by atoms with Crippen LogP contribution in [0.25, 0.3) is 45.0 Å². The third kappa shape index (κ3) is 22.3. The van der Waals surface area contributed by atoms with Crippen molar-refractivity contribution in [1.82, 2.24) is 0 Å². The lowest BCUT2D eigenvalue weighted by atomic mass is 9.81. The van der Waals surface area contributed by atoms with Gasteiger partial charge in [-0.3, -0.25) is 0 Å². The molecular weight excluding hydrogens is 1100 g/mol. The second-order valence-electron chi connectivity index (χ2n) is 30.1. The van der Waals surface area contributed by atoms with E-state index in [1.165, 1.54) is 23.6 Å². The van der Waals surface area contributed by atoms with Gasteiger partial charge in [-0.2, -0.15) is 0 Å². The maximum Gasteiger partial charge on any atom is 0.212 e. The number of hydrogen-bond donors (Lipinski definition) is 0. The number of pyridine rings is 4. The number of benzene rings is 4. The van der Waals surface area contributed by atoms with E-state index in [4.69, 9.17) is 28.8 Å². The van der Waals surface area contributed by atoms with Crippen molar-refractivity contribution in [2.24, 2.45) is 55.3 Å². The molecule has 0 atom stereocenters. The smallest absolute Gasteiger partial charge is 0.201 e. The van der Waals surface area contributed by atoms with E-state index in [2.05, 4.69) is 42.7 Å². The van der Waals surface area contributed by atoms with Gasteiger partial charge in [0.25, 0.3) is 0 Å². The van der Waals surface area contributed by atoms with Gasteiger partial charge < -0.3 is 0 Å². The maximum atomic E-state index is 8.96. The van der Waals surface area contributed by atoms with Crippen molar-refractivity contribution in [2.75, 3.05) is 0 Å². The first-order valence-electron chi connectivity index (χ1n) is 42.6. The van der Waals surface area contributed by atoms with E-state index in [1.807, 2.05) is 175 Å². The molecule has 4 heterocycles. The van der Waals surface area contributed by atoms with Crippen LogP contribution in [0.5, 0.6) is 0 Å². The molecule has 0 radical (unpaired) electrons. The van der Waals surface area contributed by atoms with Gasteiger partial charge in [0, 0.05) is 97.6 Å². The Bertz CT molecular complexity index is 4740. The van der Waals surface area contributed by atoms with Crippen LogP contribution in [0.1, 0.15) is 241 Å². The van der Waals surface area contributed by atoms with Crippen LogP contribution in [0.15, 0.2) is 116 Å². The van der Waals surface area contributed by atoms with E-state index in [1.54, 1.807) is 104 Å². The zero-order chi connectivity index (χ0) is 86.9. The van der Waals surface area contributed by atoms with E-state index >= 15 is 0 Å². The lowest BCUT2D eigenvalue weighted by molar-refractivity contribution is -0.661. The molecule has 0 spiro atoms. The highest BCUT2D eigenvalue weighted by Crippen LogP contribution is 2.34. The molecule has 0 aliphatic rings. The Labute approximate surface area is 587 Å². The predicted octanol–water partition coefficient (Wildman–Crippen LogP) is 20.9. The van der Waals surface area contributed by atoms with Crippen LogP contribution in [0.4, 0.5) is 0 Å². The molecule has 4 nitrogen and oxygen atoms in total. The number of nitrogens with zero attached hydrogens (tertiary/aromatic N) is 4. The van der Waals surface area contributed by atoms with Crippen LogP contribution in [0.2, 0.25) is 0 Å². The van der Waals surface area contributed by atoms with Gasteiger partial charge in [0.05, 0.1) is 0 Å². The standard InChI is InChI=1S/C24H36N.3C21H30N/c1-17-10-11-21(18(2)12-17)22-13-19(14-23(3,4)5)20(16-25(22)9)15-24(6,7)8;1-14-9-17(4)19(10-15(14)2)20-11-16(3)18(13-22(20)8)12-21(5,6)7;1-8-17-9-10-19(16(3)11-17)20-12-15(2)18(14-22(20)7)13-21(4,5)6;1-8-17-12-20(19-10-9-15(2)11-16(19)3)22(7)14-18(17)13-21(4,5)6/h10-13,16H,14-15H2,1-9H3;9-11,13H,12H2,1-8H3;2*9-12,14H,8,13H2,1-7H3/q4*+1/i1D3,14D2,15D2;1D3,12D2;13D2;2D3,8D2,13D2. The molecule has 4 aromatic heterocycles. The molecule has 0 bridgehead atoms. The Kier molecular flexibility index (Phi) is 16.5. The molecule has 0 aliphatic heterocycles. The van der Waals surface area contributed by atoms with E-state index in [-0.39, 0.29) is 11.1 Å². The van der Waals surface area contributed by atoms with Gasteiger partial charge in [-0.05, 0) is 226 Å². The fraction of sp³-hybridized carbons (Fsp3) is 0.494. The van der Waals surface area contributed by atoms with Crippen molar-refractivity contribution in [3.8, 4) is 45.0 Å². The first kappa shape index (κ1) is 49.1. The van der Waals surface area contributed by atoms with E-state index < -0.39 is 85.9 Å². The van der Waals surface area contributed by atoms with Crippen LogP contribution in [0.3, 0.4) is 0 Å². The van der Waals surface area contributed by atoms with Gasteiger partial charge in [0.1, 0.15) is 28.2 Å². The fourth-order valence-electron chi connectivity index (χ4n) is 10.9. The topological polar surface area (TPSA) is 15.5 Å². The van der Waals surface area contributed by atoms with Crippen LogP contribution < -0.4 is 18.3 Å². The van der Waals surface area contributed by atoms with Gasteiger partial charge in [-0.1, -0.05) is 171 Å². The lowest BCUT2D eigenvalue weighted by Gasteiger charge is -2.24. The van der Waals surface area contributed by atoms with Gasteiger partial charge in [0.2, 0.25) is 22.8 Å². The summed E-state index contributed by atoms with van der Waals surface area (Å²) in [5.74, 6) is 0. The molecule has 0 N–H and O–H groups in total. The van der Waals surface area contributed by atoms with Gasteiger partial charge in [0.15, 0.2) is 24.8 Å². The Morgan fingerprint density at radius 2 is 0.637 bits per heavy atom. The Hall–Kier alpha value is -6.52. The van der Waals surface area contributed by atoms with Gasteiger partial charge in [-0.25, -0.2) is 18.3 Å². The summed E-state index contributed by atoms with van der Waals surface area (Å²) in [4.78, 5) is 0. The SMILES string of the molecule is [2H]C([2H])([2H])c1cc(C)c(-c2cc(C)c(C([2H])([2H])C(C)(C)C)c[n+]2C)cc1C.[2H]C([2H])([2H])c1ccc(-c2cc(C([2H])([2H])C(C)(C)C)c(C([2H])([2H])C(C)(C)C)c[n+]2C)c(C)c1.[2H]C([2H])([2H])c1ccc(-c2cc(C([2H])([2H])C)c(C([2H])([2H])C(C)(C)C)c[n+]2C)c(C)c1.[2H]C([2H])(c1c[n+](C)c(-c2ccc(CC)cc2C)cc1C)C(C)(C)C. The first-order chi connectivity index (χ1) is 50.0. The molecule has 0 unspecified atom stereocenters. The molecule has 490 valence electrons. The number of aryl methyl sites for hydroxylation is 16. The molecule has 91 heavy (non-hydrogen) atoms. The van der Waals surface area contributed by atoms with Crippen molar-refractivity contribution < 1.29 is 47.1 Å². The van der Waals surface area contributed by atoms with Crippen molar-refractivity contribution in [2.45, 2.75) is 231 Å². The number of rotatable bonds is 11. The highest BCUT2D eigenvalue weighted by Gasteiger charge is 2.27. The molecule has 0 saturated heterocycles. The summed E-state index contributed by atoms with van der Waals surface area (Å²) in [5.41, 5.74) is 15.3. The van der Waals surface area contributed by atoms with Crippen molar-refractivity contribution in [3.05, 3.63) is 210 Å². The van der Waals surface area contributed by atoms with Gasteiger partial charge in [-0.15, -0.1) is 0 Å². The van der Waals surface area contributed by atoms with Crippen LogP contribution >= 0.6 is 0 Å². The summed E-state index contributed by atoms with van der Waals surface area (Å²) >= 11 is 0. The summed E-state index contributed by atoms with van der Waals surface area (Å²) in [7, 11) is 7.52. The highest BCUT2D eigenvalue weighted by atomic mass is 14.9. The van der Waals surface area contributed by atoms with Gasteiger partial charge >= 0.3 is 0 Å². The minimum Gasteiger partial charge on any atom is -0.201 e. The molecule has 0 amide bonds. The first-order valence-corrected chi connectivity index (χ1v) is 32.1. The second-order valence-corrected chi connectivity index (χ2v) is 30.1. The quantitative estimate of drug-likeness (QED) is 0.115. The molecule has 0 aliphatic carbocycles. The molecule has 0 saturated carbocycles. The summed E-state index contributed by atoms with van der Waals surface area (Å²) in [5, 5.41) is 0. The summed E-state index contributed by atoms with van der Waals surface area (Å²) in [6.07, 6.45) is -1.72.